The summed E-state index contributed by atoms with van der Waals surface area (Å²) in [6, 6.07) is 13.3. The van der Waals surface area contributed by atoms with Crippen LogP contribution in [0.15, 0.2) is 53.4 Å². The Morgan fingerprint density at radius 3 is 2.42 bits per heavy atom. The number of hydrogen-bond donors (Lipinski definition) is 1. The molecule has 0 bridgehead atoms. The number of carbonyl (C=O) groups is 2. The molecule has 0 aliphatic carbocycles. The van der Waals surface area contributed by atoms with Gasteiger partial charge in [-0.2, -0.15) is 0 Å². The molecule has 0 radical (unpaired) electrons. The first kappa shape index (κ1) is 16.2. The predicted octanol–water partition coefficient (Wildman–Crippen LogP) is 2.17. The van der Waals surface area contributed by atoms with Gasteiger partial charge in [0.2, 0.25) is 5.91 Å². The summed E-state index contributed by atoms with van der Waals surface area (Å²) in [6.45, 7) is 1.75. The minimum Gasteiger partial charge on any atom is -0.326 e. The van der Waals surface area contributed by atoms with Crippen molar-refractivity contribution in [2.24, 2.45) is 0 Å². The predicted molar refractivity (Wildman–Crippen MR) is 89.1 cm³/mol. The number of aryl methyl sites for hydroxylation is 1. The maximum Gasteiger partial charge on any atom is 0.269 e. The molecule has 0 saturated heterocycles. The van der Waals surface area contributed by atoms with Gasteiger partial charge in [0.25, 0.3) is 15.9 Å². The van der Waals surface area contributed by atoms with E-state index >= 15 is 0 Å². The molecule has 0 saturated carbocycles. The maximum absolute atomic E-state index is 12.4. The van der Waals surface area contributed by atoms with Crippen molar-refractivity contribution in [1.29, 1.82) is 0 Å². The molecule has 124 valence electrons. The van der Waals surface area contributed by atoms with Crippen LogP contribution in [0.1, 0.15) is 22.3 Å². The second-order valence-corrected chi connectivity index (χ2v) is 7.37. The average Bonchev–Trinajstić information content (AvgIpc) is 2.75. The van der Waals surface area contributed by atoms with Gasteiger partial charge in [-0.3, -0.25) is 9.59 Å². The summed E-state index contributed by atoms with van der Waals surface area (Å²) in [6.07, 6.45) is -0.104. The molecule has 1 aliphatic rings. The minimum absolute atomic E-state index is 0.00561. The van der Waals surface area contributed by atoms with Gasteiger partial charge in [-0.25, -0.2) is 12.7 Å². The summed E-state index contributed by atoms with van der Waals surface area (Å²) in [5.74, 6) is -0.938. The van der Waals surface area contributed by atoms with Gasteiger partial charge in [-0.1, -0.05) is 29.8 Å². The zero-order valence-electron chi connectivity index (χ0n) is 13.0. The summed E-state index contributed by atoms with van der Waals surface area (Å²) < 4.78 is 25.5. The van der Waals surface area contributed by atoms with E-state index in [2.05, 4.69) is 5.32 Å². The van der Waals surface area contributed by atoms with E-state index in [0.29, 0.717) is 5.69 Å². The molecule has 2 amide bonds. The fraction of sp³-hybridized carbons (Fsp3) is 0.176. The molecule has 0 spiro atoms. The van der Waals surface area contributed by atoms with Crippen molar-refractivity contribution >= 4 is 27.5 Å². The van der Waals surface area contributed by atoms with Crippen LogP contribution in [-0.4, -0.2) is 31.1 Å². The number of amides is 2. The van der Waals surface area contributed by atoms with E-state index in [4.69, 9.17) is 0 Å². The molecule has 0 atom stereocenters. The molecular weight excluding hydrogens is 328 g/mol. The van der Waals surface area contributed by atoms with Crippen LogP contribution in [0.3, 0.4) is 0 Å². The fourth-order valence-corrected chi connectivity index (χ4v) is 4.09. The van der Waals surface area contributed by atoms with Crippen LogP contribution in [0.2, 0.25) is 0 Å². The lowest BCUT2D eigenvalue weighted by Crippen LogP contribution is -2.33. The molecular formula is C17H16N2O4S. The zero-order valence-corrected chi connectivity index (χ0v) is 13.8. The molecule has 24 heavy (non-hydrogen) atoms. The highest BCUT2D eigenvalue weighted by molar-refractivity contribution is 7.90. The Hall–Kier alpha value is -2.67. The Morgan fingerprint density at radius 1 is 1.08 bits per heavy atom. The Morgan fingerprint density at radius 2 is 1.75 bits per heavy atom. The molecule has 2 aromatic rings. The van der Waals surface area contributed by atoms with E-state index in [0.717, 1.165) is 9.87 Å². The molecule has 7 heteroatoms. The number of hydrogen-bond acceptors (Lipinski definition) is 4. The van der Waals surface area contributed by atoms with Crippen molar-refractivity contribution in [3.8, 4) is 0 Å². The van der Waals surface area contributed by atoms with E-state index in [9.17, 15) is 18.0 Å². The fourth-order valence-electron chi connectivity index (χ4n) is 2.52. The van der Waals surface area contributed by atoms with Gasteiger partial charge < -0.3 is 5.32 Å². The SMILES string of the molecule is Cc1ccc(NC(=O)CCN2C(=O)c3ccccc3S2(=O)=O)cc1. The third-order valence-electron chi connectivity index (χ3n) is 3.79. The molecule has 2 aromatic carbocycles. The van der Waals surface area contributed by atoms with Crippen molar-refractivity contribution in [2.45, 2.75) is 18.2 Å². The number of anilines is 1. The molecule has 0 unspecified atom stereocenters. The van der Waals surface area contributed by atoms with Crippen LogP contribution in [0.5, 0.6) is 0 Å². The largest absolute Gasteiger partial charge is 0.326 e. The van der Waals surface area contributed by atoms with Crippen molar-refractivity contribution in [1.82, 2.24) is 4.31 Å². The Labute approximate surface area is 140 Å². The van der Waals surface area contributed by atoms with Crippen molar-refractivity contribution in [3.05, 3.63) is 59.7 Å². The van der Waals surface area contributed by atoms with Gasteiger partial charge in [-0.05, 0) is 31.2 Å². The zero-order chi connectivity index (χ0) is 17.3. The van der Waals surface area contributed by atoms with Gasteiger partial charge in [-0.15, -0.1) is 0 Å². The number of nitrogens with zero attached hydrogens (tertiary/aromatic N) is 1. The first-order valence-corrected chi connectivity index (χ1v) is 8.86. The second kappa shape index (κ2) is 6.09. The molecule has 1 aliphatic heterocycles. The van der Waals surface area contributed by atoms with Gasteiger partial charge in [0.15, 0.2) is 0 Å². The van der Waals surface area contributed by atoms with E-state index in [-0.39, 0.29) is 29.3 Å². The third-order valence-corrected chi connectivity index (χ3v) is 5.63. The van der Waals surface area contributed by atoms with Crippen LogP contribution in [0, 0.1) is 6.92 Å². The van der Waals surface area contributed by atoms with Crippen molar-refractivity contribution in [3.63, 3.8) is 0 Å². The van der Waals surface area contributed by atoms with E-state index in [1.165, 1.54) is 12.1 Å². The lowest BCUT2D eigenvalue weighted by molar-refractivity contribution is -0.116. The highest BCUT2D eigenvalue weighted by atomic mass is 32.2. The molecule has 6 nitrogen and oxygen atoms in total. The number of benzene rings is 2. The highest BCUT2D eigenvalue weighted by Gasteiger charge is 2.40. The van der Waals surface area contributed by atoms with Gasteiger partial charge >= 0.3 is 0 Å². The summed E-state index contributed by atoms with van der Waals surface area (Å²) in [5.41, 5.74) is 1.85. The van der Waals surface area contributed by atoms with Gasteiger partial charge in [0.05, 0.1) is 5.56 Å². The molecule has 0 fully saturated rings. The van der Waals surface area contributed by atoms with Crippen LogP contribution >= 0.6 is 0 Å². The van der Waals surface area contributed by atoms with Crippen LogP contribution in [0.4, 0.5) is 5.69 Å². The maximum atomic E-state index is 12.4. The quantitative estimate of drug-likeness (QED) is 0.921. The molecule has 0 aromatic heterocycles. The first-order valence-electron chi connectivity index (χ1n) is 7.42. The third kappa shape index (κ3) is 2.90. The summed E-state index contributed by atoms with van der Waals surface area (Å²) in [5, 5.41) is 2.68. The first-order chi connectivity index (χ1) is 11.4. The minimum atomic E-state index is -3.87. The molecule has 1 N–H and O–H groups in total. The lowest BCUT2D eigenvalue weighted by atomic mass is 10.2. The van der Waals surface area contributed by atoms with Crippen molar-refractivity contribution in [2.75, 3.05) is 11.9 Å². The Balaban J connectivity index is 1.68. The highest BCUT2D eigenvalue weighted by Crippen LogP contribution is 2.29. The van der Waals surface area contributed by atoms with Gasteiger partial charge in [0.1, 0.15) is 4.90 Å². The van der Waals surface area contributed by atoms with Crippen molar-refractivity contribution < 1.29 is 18.0 Å². The molecule has 1 heterocycles. The number of rotatable bonds is 4. The van der Waals surface area contributed by atoms with E-state index < -0.39 is 15.9 Å². The summed E-state index contributed by atoms with van der Waals surface area (Å²) in [4.78, 5) is 24.2. The molecule has 3 rings (SSSR count). The Bertz CT molecular complexity index is 904. The number of sulfonamides is 1. The summed E-state index contributed by atoms with van der Waals surface area (Å²) in [7, 11) is -3.87. The second-order valence-electron chi connectivity index (χ2n) is 5.54. The Kier molecular flexibility index (Phi) is 4.11. The van der Waals surface area contributed by atoms with E-state index in [1.54, 1.807) is 24.3 Å². The topological polar surface area (TPSA) is 83.6 Å². The average molecular weight is 344 g/mol. The standard InChI is InChI=1S/C17H16N2O4S/c1-12-6-8-13(9-7-12)18-16(20)10-11-19-17(21)14-4-2-3-5-15(14)24(19,22)23/h2-9H,10-11H2,1H3,(H,18,20). The van der Waals surface area contributed by atoms with Crippen LogP contribution in [-0.2, 0) is 14.8 Å². The normalized spacial score (nSPS) is 15.2. The van der Waals surface area contributed by atoms with Gasteiger partial charge in [0, 0.05) is 18.7 Å². The number of nitrogens with one attached hydrogen (secondary N) is 1. The van der Waals surface area contributed by atoms with Crippen LogP contribution < -0.4 is 5.32 Å². The number of carbonyl (C=O) groups excluding carboxylic acids is 2. The monoisotopic (exact) mass is 344 g/mol. The van der Waals surface area contributed by atoms with Crippen LogP contribution in [0.25, 0.3) is 0 Å². The summed E-state index contributed by atoms with van der Waals surface area (Å²) >= 11 is 0. The lowest BCUT2D eigenvalue weighted by Gasteiger charge is -2.14. The number of fused-ring (bicyclic) bond motifs is 1. The smallest absolute Gasteiger partial charge is 0.269 e. The van der Waals surface area contributed by atoms with E-state index in [1.807, 2.05) is 19.1 Å².